The van der Waals surface area contributed by atoms with Gasteiger partial charge in [0.1, 0.15) is 11.3 Å². The number of para-hydroxylation sites is 1. The van der Waals surface area contributed by atoms with E-state index in [-0.39, 0.29) is 5.91 Å². The van der Waals surface area contributed by atoms with Crippen molar-refractivity contribution in [1.29, 1.82) is 0 Å². The summed E-state index contributed by atoms with van der Waals surface area (Å²) in [5, 5.41) is 3.55. The molecule has 1 aliphatic heterocycles. The van der Waals surface area contributed by atoms with Crippen LogP contribution in [-0.4, -0.2) is 41.6 Å². The molecule has 0 spiro atoms. The van der Waals surface area contributed by atoms with Crippen LogP contribution in [0.25, 0.3) is 5.65 Å². The van der Waals surface area contributed by atoms with Crippen molar-refractivity contribution in [3.05, 3.63) is 59.5 Å². The quantitative estimate of drug-likeness (QED) is 0.783. The highest BCUT2D eigenvalue weighted by atomic mass is 35.5. The lowest BCUT2D eigenvalue weighted by Gasteiger charge is -2.31. The predicted molar refractivity (Wildman–Crippen MR) is 97.6 cm³/mol. The molecule has 2 aromatic heterocycles. The van der Waals surface area contributed by atoms with E-state index < -0.39 is 0 Å². The molecule has 128 valence electrons. The van der Waals surface area contributed by atoms with E-state index in [2.05, 4.69) is 15.2 Å². The number of ether oxygens (including phenoxy) is 1. The summed E-state index contributed by atoms with van der Waals surface area (Å²) in [7, 11) is 0. The first-order valence-electron chi connectivity index (χ1n) is 8.09. The fourth-order valence-electron chi connectivity index (χ4n) is 2.95. The minimum Gasteiger partial charge on any atom is -0.378 e. The van der Waals surface area contributed by atoms with Crippen molar-refractivity contribution < 1.29 is 9.53 Å². The van der Waals surface area contributed by atoms with Gasteiger partial charge < -0.3 is 19.4 Å². The molecule has 1 N–H and O–H groups in total. The molecule has 0 saturated carbocycles. The number of anilines is 2. The third-order valence-corrected chi connectivity index (χ3v) is 4.46. The average Bonchev–Trinajstić information content (AvgIpc) is 3.07. The van der Waals surface area contributed by atoms with E-state index in [0.717, 1.165) is 24.4 Å². The molecule has 1 aromatic carbocycles. The summed E-state index contributed by atoms with van der Waals surface area (Å²) in [6.07, 6.45) is 3.57. The van der Waals surface area contributed by atoms with Crippen molar-refractivity contribution in [2.45, 2.75) is 0 Å². The Hall–Kier alpha value is -2.57. The Kier molecular flexibility index (Phi) is 4.29. The topological polar surface area (TPSA) is 58.9 Å². The number of fused-ring (bicyclic) bond motifs is 1. The molecule has 0 atom stereocenters. The zero-order valence-electron chi connectivity index (χ0n) is 13.5. The summed E-state index contributed by atoms with van der Waals surface area (Å²) in [6, 6.07) is 11.1. The normalized spacial score (nSPS) is 14.7. The number of carbonyl (C=O) groups is 1. The zero-order chi connectivity index (χ0) is 17.2. The summed E-state index contributed by atoms with van der Waals surface area (Å²) >= 11 is 6.40. The van der Waals surface area contributed by atoms with Crippen LogP contribution in [0.2, 0.25) is 5.02 Å². The van der Waals surface area contributed by atoms with Crippen molar-refractivity contribution in [3.8, 4) is 0 Å². The number of aromatic nitrogens is 2. The molecule has 25 heavy (non-hydrogen) atoms. The molecule has 3 aromatic rings. The van der Waals surface area contributed by atoms with Gasteiger partial charge in [-0.05, 0) is 24.3 Å². The van der Waals surface area contributed by atoms with Crippen LogP contribution in [0.3, 0.4) is 0 Å². The largest absolute Gasteiger partial charge is 0.378 e. The Morgan fingerprint density at radius 2 is 2.00 bits per heavy atom. The maximum Gasteiger partial charge on any atom is 0.275 e. The molecule has 1 saturated heterocycles. The molecular weight excluding hydrogens is 340 g/mol. The summed E-state index contributed by atoms with van der Waals surface area (Å²) in [5.74, 6) is -0.263. The van der Waals surface area contributed by atoms with Crippen LogP contribution in [0.15, 0.2) is 48.8 Å². The van der Waals surface area contributed by atoms with Gasteiger partial charge in [-0.2, -0.15) is 0 Å². The summed E-state index contributed by atoms with van der Waals surface area (Å²) < 4.78 is 7.22. The molecule has 0 aliphatic carbocycles. The monoisotopic (exact) mass is 356 g/mol. The van der Waals surface area contributed by atoms with Gasteiger partial charge in [0.25, 0.3) is 5.91 Å². The molecule has 1 fully saturated rings. The fourth-order valence-corrected chi connectivity index (χ4v) is 3.25. The first-order valence-corrected chi connectivity index (χ1v) is 8.46. The Morgan fingerprint density at radius 1 is 1.16 bits per heavy atom. The minimum atomic E-state index is -0.263. The van der Waals surface area contributed by atoms with Crippen LogP contribution in [0.5, 0.6) is 0 Å². The SMILES string of the molecule is O=C(Nc1cccc(Cl)c1N1CCOCC1)c1cn2ccccc2n1. The molecule has 6 nitrogen and oxygen atoms in total. The van der Waals surface area contributed by atoms with Crippen LogP contribution >= 0.6 is 11.6 Å². The number of nitrogens with one attached hydrogen (secondary N) is 1. The third-order valence-electron chi connectivity index (χ3n) is 4.16. The summed E-state index contributed by atoms with van der Waals surface area (Å²) in [4.78, 5) is 19.1. The van der Waals surface area contributed by atoms with Gasteiger partial charge in [0.05, 0.1) is 29.6 Å². The first-order chi connectivity index (χ1) is 12.2. The highest BCUT2D eigenvalue weighted by Crippen LogP contribution is 2.34. The van der Waals surface area contributed by atoms with Gasteiger partial charge in [-0.15, -0.1) is 0 Å². The maximum absolute atomic E-state index is 12.7. The molecule has 0 unspecified atom stereocenters. The average molecular weight is 357 g/mol. The van der Waals surface area contributed by atoms with Crippen molar-refractivity contribution in [2.24, 2.45) is 0 Å². The lowest BCUT2D eigenvalue weighted by Crippen LogP contribution is -2.37. The number of hydrogen-bond acceptors (Lipinski definition) is 4. The van der Waals surface area contributed by atoms with Crippen molar-refractivity contribution in [2.75, 3.05) is 36.5 Å². The molecule has 3 heterocycles. The number of morpholine rings is 1. The molecule has 0 bridgehead atoms. The van der Waals surface area contributed by atoms with E-state index in [1.165, 1.54) is 0 Å². The van der Waals surface area contributed by atoms with E-state index in [1.807, 2.05) is 47.0 Å². The third kappa shape index (κ3) is 3.18. The molecule has 4 rings (SSSR count). The van der Waals surface area contributed by atoms with Crippen LogP contribution in [-0.2, 0) is 4.74 Å². The maximum atomic E-state index is 12.7. The molecule has 7 heteroatoms. The number of imidazole rings is 1. The van der Waals surface area contributed by atoms with Crippen LogP contribution in [0.4, 0.5) is 11.4 Å². The second kappa shape index (κ2) is 6.74. The van der Waals surface area contributed by atoms with Gasteiger partial charge in [0, 0.05) is 25.5 Å². The highest BCUT2D eigenvalue weighted by molar-refractivity contribution is 6.34. The summed E-state index contributed by atoms with van der Waals surface area (Å²) in [5.41, 5.74) is 2.59. The standard InChI is InChI=1S/C18H17ClN4O2/c19-13-4-3-5-14(17(13)22-8-10-25-11-9-22)21-18(24)15-12-23-7-2-1-6-16(23)20-15/h1-7,12H,8-11H2,(H,21,24). The lowest BCUT2D eigenvalue weighted by molar-refractivity contribution is 0.102. The van der Waals surface area contributed by atoms with Crippen molar-refractivity contribution in [1.82, 2.24) is 9.38 Å². The van der Waals surface area contributed by atoms with E-state index in [9.17, 15) is 4.79 Å². The number of pyridine rings is 1. The van der Waals surface area contributed by atoms with Crippen molar-refractivity contribution >= 4 is 34.5 Å². The van der Waals surface area contributed by atoms with Gasteiger partial charge in [-0.1, -0.05) is 23.7 Å². The molecule has 1 aliphatic rings. The van der Waals surface area contributed by atoms with E-state index >= 15 is 0 Å². The molecular formula is C18H17ClN4O2. The van der Waals surface area contributed by atoms with E-state index in [4.69, 9.17) is 16.3 Å². The second-order valence-corrected chi connectivity index (χ2v) is 6.19. The van der Waals surface area contributed by atoms with Crippen LogP contribution in [0, 0.1) is 0 Å². The van der Waals surface area contributed by atoms with Gasteiger partial charge in [0.15, 0.2) is 0 Å². The van der Waals surface area contributed by atoms with Gasteiger partial charge in [-0.25, -0.2) is 4.98 Å². The van der Waals surface area contributed by atoms with Crippen LogP contribution in [0.1, 0.15) is 10.5 Å². The Bertz CT molecular complexity index is 885. The zero-order valence-corrected chi connectivity index (χ0v) is 14.2. The van der Waals surface area contributed by atoms with Crippen LogP contribution < -0.4 is 10.2 Å². The van der Waals surface area contributed by atoms with E-state index in [0.29, 0.717) is 29.6 Å². The number of nitrogens with zero attached hydrogens (tertiary/aromatic N) is 3. The molecule has 1 amide bonds. The first kappa shape index (κ1) is 15.9. The predicted octanol–water partition coefficient (Wildman–Crippen LogP) is 3.08. The Labute approximate surface area is 150 Å². The smallest absolute Gasteiger partial charge is 0.275 e. The summed E-state index contributed by atoms with van der Waals surface area (Å²) in [6.45, 7) is 2.76. The van der Waals surface area contributed by atoms with E-state index in [1.54, 1.807) is 6.20 Å². The van der Waals surface area contributed by atoms with Crippen molar-refractivity contribution in [3.63, 3.8) is 0 Å². The minimum absolute atomic E-state index is 0.263. The number of carbonyl (C=O) groups excluding carboxylic acids is 1. The Balaban J connectivity index is 1.63. The molecule has 0 radical (unpaired) electrons. The number of rotatable bonds is 3. The van der Waals surface area contributed by atoms with Gasteiger partial charge >= 0.3 is 0 Å². The van der Waals surface area contributed by atoms with Gasteiger partial charge in [0.2, 0.25) is 0 Å². The second-order valence-electron chi connectivity index (χ2n) is 5.78. The number of benzene rings is 1. The lowest BCUT2D eigenvalue weighted by atomic mass is 10.2. The fraction of sp³-hybridized carbons (Fsp3) is 0.222. The highest BCUT2D eigenvalue weighted by Gasteiger charge is 2.20. The van der Waals surface area contributed by atoms with Gasteiger partial charge in [-0.3, -0.25) is 4.79 Å². The number of halogens is 1. The Morgan fingerprint density at radius 3 is 2.80 bits per heavy atom. The number of amides is 1. The number of hydrogen-bond donors (Lipinski definition) is 1.